The van der Waals surface area contributed by atoms with E-state index in [0.717, 1.165) is 5.22 Å². The zero-order valence-corrected chi connectivity index (χ0v) is 20.3. The molecule has 5 rings (SSSR count). The third-order valence-corrected chi connectivity index (χ3v) is 6.47. The zero-order chi connectivity index (χ0) is 25.6. The number of ether oxygens (including phenoxy) is 1. The Balaban J connectivity index is 1.53. The Kier molecular flexibility index (Phi) is 5.71. The molecule has 0 saturated carbocycles. The SMILES string of the molecule is CC(C)(C)C1C(Oc2ccc(C(=O)Nc3ccccc3)cc2)=c2cc3c(cc2=CC1F)C(=N)N=C3N. The molecule has 182 valence electrons. The van der Waals surface area contributed by atoms with Crippen LogP contribution in [-0.4, -0.2) is 23.8 Å². The molecule has 1 aliphatic carbocycles. The summed E-state index contributed by atoms with van der Waals surface area (Å²) in [7, 11) is 0. The number of hydrogen-bond acceptors (Lipinski definition) is 4. The van der Waals surface area contributed by atoms with E-state index in [4.69, 9.17) is 15.9 Å². The second-order valence-electron chi connectivity index (χ2n) is 10.1. The summed E-state index contributed by atoms with van der Waals surface area (Å²) in [6.07, 6.45) is 0.298. The van der Waals surface area contributed by atoms with Crippen molar-refractivity contribution in [2.24, 2.45) is 22.1 Å². The summed E-state index contributed by atoms with van der Waals surface area (Å²) < 4.78 is 21.9. The Labute approximate surface area is 208 Å². The highest BCUT2D eigenvalue weighted by Crippen LogP contribution is 2.39. The van der Waals surface area contributed by atoms with Gasteiger partial charge < -0.3 is 15.8 Å². The monoisotopic (exact) mass is 482 g/mol. The van der Waals surface area contributed by atoms with E-state index in [9.17, 15) is 4.79 Å². The lowest BCUT2D eigenvalue weighted by atomic mass is 9.74. The average Bonchev–Trinajstić information content (AvgIpc) is 3.10. The van der Waals surface area contributed by atoms with Gasteiger partial charge in [-0.05, 0) is 65.2 Å². The summed E-state index contributed by atoms with van der Waals surface area (Å²) in [4.78, 5) is 16.7. The number of nitrogens with one attached hydrogen (secondary N) is 2. The number of alkyl halides is 1. The predicted octanol–water partition coefficient (Wildman–Crippen LogP) is 3.96. The summed E-state index contributed by atoms with van der Waals surface area (Å²) in [6.45, 7) is 5.92. The number of halogens is 1. The van der Waals surface area contributed by atoms with Gasteiger partial charge in [-0.3, -0.25) is 10.2 Å². The molecule has 0 aromatic heterocycles. The number of carbonyl (C=O) groups excluding carboxylic acids is 1. The highest BCUT2D eigenvalue weighted by molar-refractivity contribution is 6.20. The van der Waals surface area contributed by atoms with Crippen LogP contribution in [0.25, 0.3) is 11.8 Å². The van der Waals surface area contributed by atoms with Gasteiger partial charge in [0.2, 0.25) is 0 Å². The molecule has 0 bridgehead atoms. The van der Waals surface area contributed by atoms with Crippen molar-refractivity contribution in [2.45, 2.75) is 26.9 Å². The molecule has 2 atom stereocenters. The number of carbonyl (C=O) groups is 1. The number of anilines is 1. The molecular formula is C29H27FN4O2. The van der Waals surface area contributed by atoms with E-state index >= 15 is 4.39 Å². The molecule has 2 aliphatic rings. The van der Waals surface area contributed by atoms with Crippen LogP contribution in [0, 0.1) is 16.7 Å². The van der Waals surface area contributed by atoms with Gasteiger partial charge in [0.1, 0.15) is 23.5 Å². The second-order valence-corrected chi connectivity index (χ2v) is 10.1. The third kappa shape index (κ3) is 4.28. The molecule has 36 heavy (non-hydrogen) atoms. The van der Waals surface area contributed by atoms with E-state index < -0.39 is 17.5 Å². The van der Waals surface area contributed by atoms with Gasteiger partial charge in [-0.15, -0.1) is 0 Å². The van der Waals surface area contributed by atoms with Crippen molar-refractivity contribution in [3.8, 4) is 5.75 Å². The zero-order valence-electron chi connectivity index (χ0n) is 20.3. The van der Waals surface area contributed by atoms with Crippen molar-refractivity contribution in [3.63, 3.8) is 0 Å². The molecule has 0 radical (unpaired) electrons. The van der Waals surface area contributed by atoms with E-state index in [0.29, 0.717) is 39.1 Å². The minimum Gasteiger partial charge on any atom is -0.461 e. The Morgan fingerprint density at radius 3 is 2.42 bits per heavy atom. The minimum atomic E-state index is -1.28. The average molecular weight is 483 g/mol. The van der Waals surface area contributed by atoms with Crippen molar-refractivity contribution < 1.29 is 13.9 Å². The van der Waals surface area contributed by atoms with E-state index in [-0.39, 0.29) is 17.6 Å². The van der Waals surface area contributed by atoms with Gasteiger partial charge in [0.05, 0.1) is 5.92 Å². The minimum absolute atomic E-state index is 0.0684. The van der Waals surface area contributed by atoms with Crippen LogP contribution in [0.4, 0.5) is 10.1 Å². The normalized spacial score (nSPS) is 18.6. The van der Waals surface area contributed by atoms with Crippen LogP contribution in [0.15, 0.2) is 71.7 Å². The van der Waals surface area contributed by atoms with Crippen LogP contribution >= 0.6 is 0 Å². The number of aliphatic imine (C=N–C) groups is 1. The lowest BCUT2D eigenvalue weighted by Gasteiger charge is -2.35. The topological polar surface area (TPSA) is 101 Å². The molecule has 7 heteroatoms. The molecule has 1 aliphatic heterocycles. The Morgan fingerprint density at radius 1 is 1.06 bits per heavy atom. The molecule has 0 fully saturated rings. The van der Waals surface area contributed by atoms with Crippen molar-refractivity contribution in [1.29, 1.82) is 5.41 Å². The molecule has 1 amide bonds. The van der Waals surface area contributed by atoms with Gasteiger partial charge in [-0.1, -0.05) is 39.0 Å². The number of para-hydroxylation sites is 1. The maximum absolute atomic E-state index is 15.6. The lowest BCUT2D eigenvalue weighted by molar-refractivity contribution is 0.102. The Morgan fingerprint density at radius 2 is 1.75 bits per heavy atom. The summed E-state index contributed by atoms with van der Waals surface area (Å²) in [5, 5.41) is 12.3. The number of rotatable bonds is 4. The number of benzene rings is 3. The first-order valence-electron chi connectivity index (χ1n) is 11.7. The van der Waals surface area contributed by atoms with Gasteiger partial charge >= 0.3 is 0 Å². The van der Waals surface area contributed by atoms with Crippen LogP contribution in [0.1, 0.15) is 42.3 Å². The number of nitrogens with two attached hydrogens (primary N) is 1. The summed E-state index contributed by atoms with van der Waals surface area (Å²) in [6, 6.07) is 19.6. The lowest BCUT2D eigenvalue weighted by Crippen LogP contribution is -2.44. The van der Waals surface area contributed by atoms with Gasteiger partial charge in [0.15, 0.2) is 5.84 Å². The van der Waals surface area contributed by atoms with Crippen molar-refractivity contribution >= 4 is 35.1 Å². The van der Waals surface area contributed by atoms with Crippen LogP contribution in [0.2, 0.25) is 0 Å². The maximum atomic E-state index is 15.6. The fourth-order valence-corrected chi connectivity index (χ4v) is 4.71. The fourth-order valence-electron chi connectivity index (χ4n) is 4.71. The highest BCUT2D eigenvalue weighted by atomic mass is 19.1. The van der Waals surface area contributed by atoms with Gasteiger partial charge in [0.25, 0.3) is 5.91 Å². The number of amidine groups is 2. The van der Waals surface area contributed by atoms with Crippen LogP contribution < -0.4 is 26.2 Å². The molecule has 3 aromatic carbocycles. The highest BCUT2D eigenvalue weighted by Gasteiger charge is 2.39. The maximum Gasteiger partial charge on any atom is 0.255 e. The van der Waals surface area contributed by atoms with Crippen LogP contribution in [0.3, 0.4) is 0 Å². The van der Waals surface area contributed by atoms with Crippen molar-refractivity contribution in [2.75, 3.05) is 5.32 Å². The number of fused-ring (bicyclic) bond motifs is 2. The van der Waals surface area contributed by atoms with E-state index in [1.165, 1.54) is 0 Å². The largest absolute Gasteiger partial charge is 0.461 e. The van der Waals surface area contributed by atoms with Crippen LogP contribution in [0.5, 0.6) is 5.75 Å². The molecule has 4 N–H and O–H groups in total. The standard InChI is InChI=1S/C29H27FN4O2/c1-29(2,3)24-23(30)14-17-13-21-22(27(32)34-26(21)31)15-20(17)25(24)36-19-11-9-16(10-12-19)28(35)33-18-7-5-4-6-8-18/h4-15,23-24H,1-3H3,(H,33,35)(H3,31,32,34). The quantitative estimate of drug-likeness (QED) is 0.525. The predicted molar refractivity (Wildman–Crippen MR) is 140 cm³/mol. The number of hydrogen-bond donors (Lipinski definition) is 3. The molecule has 3 aromatic rings. The first kappa shape index (κ1) is 23.5. The first-order valence-corrected chi connectivity index (χ1v) is 11.7. The van der Waals surface area contributed by atoms with Gasteiger partial charge in [-0.2, -0.15) is 0 Å². The molecule has 0 spiro atoms. The molecule has 1 heterocycles. The van der Waals surface area contributed by atoms with E-state index in [1.54, 1.807) is 36.4 Å². The Bertz CT molecular complexity index is 1520. The molecule has 0 saturated heterocycles. The first-order chi connectivity index (χ1) is 17.1. The second kappa shape index (κ2) is 8.75. The third-order valence-electron chi connectivity index (χ3n) is 6.47. The van der Waals surface area contributed by atoms with Gasteiger partial charge in [0, 0.05) is 27.6 Å². The van der Waals surface area contributed by atoms with Crippen molar-refractivity contribution in [1.82, 2.24) is 0 Å². The number of amides is 1. The van der Waals surface area contributed by atoms with Gasteiger partial charge in [-0.25, -0.2) is 9.38 Å². The van der Waals surface area contributed by atoms with E-state index in [2.05, 4.69) is 10.3 Å². The number of nitrogens with zero attached hydrogens (tertiary/aromatic N) is 1. The molecular weight excluding hydrogens is 455 g/mol. The summed E-state index contributed by atoms with van der Waals surface area (Å²) in [5.74, 6) is 0.526. The fraction of sp³-hybridized carbons (Fsp3) is 0.207. The molecule has 6 nitrogen and oxygen atoms in total. The van der Waals surface area contributed by atoms with Crippen LogP contribution in [-0.2, 0) is 0 Å². The smallest absolute Gasteiger partial charge is 0.255 e. The van der Waals surface area contributed by atoms with Crippen molar-refractivity contribution in [3.05, 3.63) is 93.9 Å². The summed E-state index contributed by atoms with van der Waals surface area (Å²) >= 11 is 0. The molecule has 2 unspecified atom stereocenters. The summed E-state index contributed by atoms with van der Waals surface area (Å²) in [5.41, 5.74) is 8.02. The van der Waals surface area contributed by atoms with E-state index in [1.807, 2.05) is 57.2 Å². The Hall–Kier alpha value is -4.26.